The highest BCUT2D eigenvalue weighted by Gasteiger charge is 2.28. The maximum atomic E-state index is 12.2. The minimum absolute atomic E-state index is 0.0398. The minimum atomic E-state index is -0.881. The molecular weight excluding hydrogens is 296 g/mol. The number of rotatable bonds is 1. The molecule has 0 fully saturated rings. The van der Waals surface area contributed by atoms with Crippen molar-refractivity contribution in [1.82, 2.24) is 4.57 Å². The molecule has 3 N–H and O–H groups in total. The Bertz CT molecular complexity index is 586. The Morgan fingerprint density at radius 2 is 2.17 bits per heavy atom. The lowest BCUT2D eigenvalue weighted by Crippen LogP contribution is -2.48. The van der Waals surface area contributed by atoms with Crippen LogP contribution in [0, 0.1) is 0 Å². The van der Waals surface area contributed by atoms with Crippen LogP contribution in [0.3, 0.4) is 0 Å². The van der Waals surface area contributed by atoms with E-state index in [1.165, 1.54) is 0 Å². The van der Waals surface area contributed by atoms with Crippen molar-refractivity contribution in [1.29, 1.82) is 0 Å². The molecule has 2 rings (SSSR count). The molecule has 2 heterocycles. The molecule has 1 aliphatic rings. The van der Waals surface area contributed by atoms with Crippen LogP contribution in [0.4, 0.5) is 5.82 Å². The third-order valence-electron chi connectivity index (χ3n) is 2.87. The van der Waals surface area contributed by atoms with Gasteiger partial charge in [0, 0.05) is 17.3 Å². The van der Waals surface area contributed by atoms with Gasteiger partial charge < -0.3 is 5.32 Å². The molecule has 1 aromatic rings. The minimum Gasteiger partial charge on any atom is -0.335 e. The molecule has 0 saturated carbocycles. The van der Waals surface area contributed by atoms with Gasteiger partial charge in [-0.3, -0.25) is 15.1 Å². The van der Waals surface area contributed by atoms with Crippen LogP contribution < -0.4 is 16.6 Å². The molecule has 18 heavy (non-hydrogen) atoms. The molecule has 0 spiro atoms. The van der Waals surface area contributed by atoms with Gasteiger partial charge >= 0.3 is 0 Å². The van der Waals surface area contributed by atoms with Gasteiger partial charge in [0.15, 0.2) is 5.79 Å². The lowest BCUT2D eigenvalue weighted by molar-refractivity contribution is 0.524. The fourth-order valence-corrected chi connectivity index (χ4v) is 2.60. The van der Waals surface area contributed by atoms with Crippen LogP contribution >= 0.6 is 15.9 Å². The summed E-state index contributed by atoms with van der Waals surface area (Å²) in [6.45, 7) is 7.60. The van der Waals surface area contributed by atoms with Crippen molar-refractivity contribution >= 4 is 27.5 Å². The number of nitrogens with one attached hydrogen (secondary N) is 1. The maximum absolute atomic E-state index is 12.2. The highest BCUT2D eigenvalue weighted by Crippen LogP contribution is 2.28. The smallest absolute Gasteiger partial charge is 0.266 e. The van der Waals surface area contributed by atoms with Gasteiger partial charge in [0.05, 0.1) is 4.47 Å². The first-order valence-corrected chi connectivity index (χ1v) is 6.61. The maximum Gasteiger partial charge on any atom is 0.266 e. The van der Waals surface area contributed by atoms with Crippen molar-refractivity contribution in [3.63, 3.8) is 0 Å². The molecule has 0 bridgehead atoms. The second-order valence-corrected chi connectivity index (χ2v) is 5.85. The van der Waals surface area contributed by atoms with E-state index in [-0.39, 0.29) is 11.6 Å². The van der Waals surface area contributed by atoms with E-state index in [4.69, 9.17) is 5.73 Å². The molecule has 0 radical (unpaired) electrons. The Kier molecular flexibility index (Phi) is 3.11. The summed E-state index contributed by atoms with van der Waals surface area (Å²) in [5, 5.41) is 3.12. The third-order valence-corrected chi connectivity index (χ3v) is 3.44. The van der Waals surface area contributed by atoms with Gasteiger partial charge in [0.1, 0.15) is 5.82 Å². The Morgan fingerprint density at radius 1 is 1.56 bits per heavy atom. The summed E-state index contributed by atoms with van der Waals surface area (Å²) >= 11 is 3.30. The van der Waals surface area contributed by atoms with Crippen LogP contribution in [-0.2, 0) is 0 Å². The monoisotopic (exact) mass is 312 g/mol. The van der Waals surface area contributed by atoms with Crippen molar-refractivity contribution < 1.29 is 0 Å². The first kappa shape index (κ1) is 13.3. The van der Waals surface area contributed by atoms with Gasteiger partial charge in [-0.2, -0.15) is 0 Å². The highest BCUT2D eigenvalue weighted by atomic mass is 79.9. The number of hydrogen-bond acceptors (Lipinski definition) is 4. The molecule has 1 aliphatic heterocycles. The van der Waals surface area contributed by atoms with Crippen molar-refractivity contribution in [3.8, 4) is 0 Å². The van der Waals surface area contributed by atoms with E-state index in [0.717, 1.165) is 17.1 Å². The Labute approximate surface area is 114 Å². The summed E-state index contributed by atoms with van der Waals surface area (Å²) in [4.78, 5) is 16.6. The second kappa shape index (κ2) is 4.20. The molecule has 0 aliphatic carbocycles. The van der Waals surface area contributed by atoms with E-state index in [0.29, 0.717) is 4.47 Å². The number of pyridine rings is 1. The number of aliphatic imine (C=N–C) groups is 1. The van der Waals surface area contributed by atoms with Crippen molar-refractivity contribution in [2.24, 2.45) is 10.7 Å². The zero-order valence-electron chi connectivity index (χ0n) is 10.9. The topological polar surface area (TPSA) is 72.4 Å². The lowest BCUT2D eigenvalue weighted by Gasteiger charge is -2.33. The van der Waals surface area contributed by atoms with E-state index < -0.39 is 5.79 Å². The van der Waals surface area contributed by atoms with Gasteiger partial charge in [-0.15, -0.1) is 0 Å². The summed E-state index contributed by atoms with van der Waals surface area (Å²) in [6.07, 6.45) is 0. The molecule has 98 valence electrons. The quantitative estimate of drug-likeness (QED) is 0.833. The van der Waals surface area contributed by atoms with E-state index in [2.05, 4.69) is 26.2 Å². The van der Waals surface area contributed by atoms with Crippen LogP contribution in [0.1, 0.15) is 39.3 Å². The molecule has 1 unspecified atom stereocenters. The van der Waals surface area contributed by atoms with Crippen molar-refractivity contribution in [2.75, 3.05) is 5.32 Å². The van der Waals surface area contributed by atoms with Crippen LogP contribution in [-0.4, -0.2) is 16.1 Å². The fourth-order valence-electron chi connectivity index (χ4n) is 2.18. The van der Waals surface area contributed by atoms with Gasteiger partial charge in [0.25, 0.3) is 5.56 Å². The Balaban J connectivity index is 2.80. The van der Waals surface area contributed by atoms with Crippen LogP contribution in [0.5, 0.6) is 0 Å². The Hall–Kier alpha value is -1.14. The summed E-state index contributed by atoms with van der Waals surface area (Å²) in [7, 11) is 0. The standard InChI is InChI=1S/C12H17BrN4O/c1-6(2)17-10-8(5-9(13)11(17)18)7(3)15-12(4,14)16-10/h5-6,16H,14H2,1-4H3. The van der Waals surface area contributed by atoms with E-state index in [1.807, 2.05) is 20.8 Å². The predicted molar refractivity (Wildman–Crippen MR) is 77.2 cm³/mol. The number of nitrogens with two attached hydrogens (primary N) is 1. The number of anilines is 1. The molecule has 0 aromatic carbocycles. The van der Waals surface area contributed by atoms with E-state index in [1.54, 1.807) is 17.6 Å². The summed E-state index contributed by atoms with van der Waals surface area (Å²) < 4.78 is 2.23. The Morgan fingerprint density at radius 3 is 2.72 bits per heavy atom. The molecule has 1 atom stereocenters. The molecule has 0 saturated heterocycles. The third kappa shape index (κ3) is 2.10. The van der Waals surface area contributed by atoms with Gasteiger partial charge in [0.2, 0.25) is 0 Å². The van der Waals surface area contributed by atoms with Gasteiger partial charge in [-0.05, 0) is 49.7 Å². The van der Waals surface area contributed by atoms with Crippen LogP contribution in [0.2, 0.25) is 0 Å². The van der Waals surface area contributed by atoms with Crippen LogP contribution in [0.15, 0.2) is 20.3 Å². The largest absolute Gasteiger partial charge is 0.335 e. The number of aromatic nitrogens is 1. The second-order valence-electron chi connectivity index (χ2n) is 4.99. The average Bonchev–Trinajstić information content (AvgIpc) is 2.19. The summed E-state index contributed by atoms with van der Waals surface area (Å²) in [5.41, 5.74) is 7.67. The molecular formula is C12H17BrN4O. The number of nitrogens with zero attached hydrogens (tertiary/aromatic N) is 2. The molecule has 1 aromatic heterocycles. The van der Waals surface area contributed by atoms with E-state index >= 15 is 0 Å². The average molecular weight is 313 g/mol. The predicted octanol–water partition coefficient (Wildman–Crippen LogP) is 2.06. The summed E-state index contributed by atoms with van der Waals surface area (Å²) in [6, 6.07) is 1.83. The first-order chi connectivity index (χ1) is 8.23. The van der Waals surface area contributed by atoms with Crippen LogP contribution in [0.25, 0.3) is 0 Å². The normalized spacial score (nSPS) is 22.5. The van der Waals surface area contributed by atoms with Crippen molar-refractivity contribution in [2.45, 2.75) is 39.5 Å². The lowest BCUT2D eigenvalue weighted by atomic mass is 10.1. The first-order valence-electron chi connectivity index (χ1n) is 5.82. The van der Waals surface area contributed by atoms with Gasteiger partial charge in [-0.25, -0.2) is 4.99 Å². The number of halogens is 1. The molecule has 6 heteroatoms. The zero-order valence-corrected chi connectivity index (χ0v) is 12.5. The SMILES string of the molecule is CC1=NC(C)(N)Nc2c1cc(Br)c(=O)n2C(C)C. The fraction of sp³-hybridized carbons (Fsp3) is 0.500. The molecule has 0 amide bonds. The van der Waals surface area contributed by atoms with Gasteiger partial charge in [-0.1, -0.05) is 0 Å². The van der Waals surface area contributed by atoms with E-state index in [9.17, 15) is 4.79 Å². The highest BCUT2D eigenvalue weighted by molar-refractivity contribution is 9.10. The zero-order chi connectivity index (χ0) is 13.7. The number of fused-ring (bicyclic) bond motifs is 1. The summed E-state index contributed by atoms with van der Waals surface area (Å²) in [5.74, 6) is -0.149. The van der Waals surface area contributed by atoms with Crippen molar-refractivity contribution in [3.05, 3.63) is 26.5 Å². The molecule has 5 nitrogen and oxygen atoms in total. The number of hydrogen-bond donors (Lipinski definition) is 2.